The Morgan fingerprint density at radius 3 is 2.44 bits per heavy atom. The average Bonchev–Trinajstić information content (AvgIpc) is 2.63. The number of nitrogens with two attached hydrogens (primary N) is 1. The van der Waals surface area contributed by atoms with Crippen molar-refractivity contribution in [2.45, 2.75) is 19.0 Å². The van der Waals surface area contributed by atoms with Crippen LogP contribution in [0, 0.1) is 13.8 Å². The maximum absolute atomic E-state index is 12.4. The summed E-state index contributed by atoms with van der Waals surface area (Å²) in [7, 11) is 0. The number of nitrogens with one attached hydrogen (secondary N) is 1. The second-order valence-electron chi connectivity index (χ2n) is 6.08. The molecular formula is C20H20N4O2S. The lowest BCUT2D eigenvalue weighted by Gasteiger charge is -2.15. The summed E-state index contributed by atoms with van der Waals surface area (Å²) in [6.45, 7) is 3.89. The van der Waals surface area contributed by atoms with Crippen LogP contribution < -0.4 is 16.6 Å². The van der Waals surface area contributed by atoms with E-state index in [4.69, 9.17) is 5.73 Å². The molecule has 7 heteroatoms. The fraction of sp³-hybridized carbons (Fsp3) is 0.150. The Kier molecular flexibility index (Phi) is 5.61. The molecule has 0 bridgehead atoms. The number of benzene rings is 2. The third-order valence-electron chi connectivity index (χ3n) is 4.02. The Morgan fingerprint density at radius 2 is 1.78 bits per heavy atom. The Morgan fingerprint density at radius 1 is 1.11 bits per heavy atom. The Balaban J connectivity index is 1.82. The third kappa shape index (κ3) is 4.38. The van der Waals surface area contributed by atoms with E-state index in [1.807, 2.05) is 62.4 Å². The minimum Gasteiger partial charge on any atom is -0.385 e. The number of aromatic nitrogens is 2. The molecule has 1 heterocycles. The van der Waals surface area contributed by atoms with Crippen molar-refractivity contribution in [3.8, 4) is 5.69 Å². The van der Waals surface area contributed by atoms with Gasteiger partial charge in [-0.15, -0.1) is 0 Å². The van der Waals surface area contributed by atoms with E-state index in [2.05, 4.69) is 10.3 Å². The minimum absolute atomic E-state index is 0.108. The molecule has 3 aromatic rings. The fourth-order valence-electron chi connectivity index (χ4n) is 2.73. The van der Waals surface area contributed by atoms with Gasteiger partial charge in [-0.2, -0.15) is 4.98 Å². The number of para-hydroxylation sites is 2. The number of thioether (sulfide) groups is 1. The first-order valence-electron chi connectivity index (χ1n) is 8.39. The first kappa shape index (κ1) is 18.7. The van der Waals surface area contributed by atoms with Gasteiger partial charge in [0.2, 0.25) is 5.91 Å². The first-order chi connectivity index (χ1) is 13.0. The van der Waals surface area contributed by atoms with Gasteiger partial charge in [0.15, 0.2) is 5.16 Å². The second kappa shape index (κ2) is 8.09. The van der Waals surface area contributed by atoms with Crippen LogP contribution in [0.1, 0.15) is 11.1 Å². The van der Waals surface area contributed by atoms with Crippen LogP contribution in [-0.4, -0.2) is 21.2 Å². The zero-order valence-electron chi connectivity index (χ0n) is 15.1. The van der Waals surface area contributed by atoms with Crippen molar-refractivity contribution >= 4 is 29.2 Å². The van der Waals surface area contributed by atoms with Gasteiger partial charge in [0.1, 0.15) is 5.82 Å². The van der Waals surface area contributed by atoms with Crippen molar-refractivity contribution < 1.29 is 4.79 Å². The van der Waals surface area contributed by atoms with Crippen molar-refractivity contribution in [1.29, 1.82) is 0 Å². The van der Waals surface area contributed by atoms with Crippen molar-refractivity contribution in [1.82, 2.24) is 9.55 Å². The van der Waals surface area contributed by atoms with E-state index in [1.165, 1.54) is 17.8 Å². The second-order valence-corrected chi connectivity index (χ2v) is 7.02. The molecule has 3 N–H and O–H groups in total. The predicted molar refractivity (Wildman–Crippen MR) is 110 cm³/mol. The Hall–Kier alpha value is -3.06. The number of nitrogens with zero attached hydrogens (tertiary/aromatic N) is 2. The fourth-order valence-corrected chi connectivity index (χ4v) is 3.56. The van der Waals surface area contributed by atoms with E-state index in [-0.39, 0.29) is 17.5 Å². The molecule has 138 valence electrons. The predicted octanol–water partition coefficient (Wildman–Crippen LogP) is 3.16. The molecule has 1 aromatic heterocycles. The molecule has 0 aliphatic carbocycles. The van der Waals surface area contributed by atoms with Gasteiger partial charge in [-0.05, 0) is 37.1 Å². The van der Waals surface area contributed by atoms with Crippen LogP contribution in [0.3, 0.4) is 0 Å². The molecule has 0 aliphatic heterocycles. The van der Waals surface area contributed by atoms with Gasteiger partial charge < -0.3 is 11.1 Å². The van der Waals surface area contributed by atoms with Crippen molar-refractivity contribution in [2.75, 3.05) is 16.8 Å². The molecule has 3 rings (SSSR count). The number of aryl methyl sites for hydroxylation is 2. The highest BCUT2D eigenvalue weighted by molar-refractivity contribution is 7.99. The molecule has 0 spiro atoms. The first-order valence-corrected chi connectivity index (χ1v) is 9.38. The molecule has 6 nitrogen and oxygen atoms in total. The number of hydrogen-bond acceptors (Lipinski definition) is 5. The third-order valence-corrected chi connectivity index (χ3v) is 4.96. The molecule has 0 saturated carbocycles. The summed E-state index contributed by atoms with van der Waals surface area (Å²) < 4.78 is 1.67. The van der Waals surface area contributed by atoms with Gasteiger partial charge in [-0.25, -0.2) is 0 Å². The summed E-state index contributed by atoms with van der Waals surface area (Å²) in [6.07, 6.45) is 0. The lowest BCUT2D eigenvalue weighted by molar-refractivity contribution is -0.113. The largest absolute Gasteiger partial charge is 0.385 e. The number of nitrogen functional groups attached to an aromatic ring is 1. The normalized spacial score (nSPS) is 10.6. The molecule has 0 atom stereocenters. The highest BCUT2D eigenvalue weighted by atomic mass is 32.2. The molecule has 0 aliphatic rings. The van der Waals surface area contributed by atoms with E-state index in [0.29, 0.717) is 5.16 Å². The molecule has 0 saturated heterocycles. The van der Waals surface area contributed by atoms with Crippen LogP contribution in [0.25, 0.3) is 5.69 Å². The molecule has 0 radical (unpaired) electrons. The lowest BCUT2D eigenvalue weighted by atomic mass is 10.1. The molecular weight excluding hydrogens is 360 g/mol. The van der Waals surface area contributed by atoms with Gasteiger partial charge >= 0.3 is 0 Å². The number of carbonyl (C=O) groups is 1. The van der Waals surface area contributed by atoms with Crippen molar-refractivity contribution in [3.63, 3.8) is 0 Å². The van der Waals surface area contributed by atoms with Crippen molar-refractivity contribution in [3.05, 3.63) is 76.1 Å². The van der Waals surface area contributed by atoms with Gasteiger partial charge in [-0.1, -0.05) is 48.2 Å². The average molecular weight is 380 g/mol. The van der Waals surface area contributed by atoms with E-state index in [0.717, 1.165) is 22.5 Å². The summed E-state index contributed by atoms with van der Waals surface area (Å²) in [4.78, 5) is 28.3. The van der Waals surface area contributed by atoms with E-state index < -0.39 is 5.56 Å². The van der Waals surface area contributed by atoms with E-state index >= 15 is 0 Å². The SMILES string of the molecule is Cc1cccc(C)c1NC(=O)CSc1nc(=O)cc(N)n1-c1ccccc1. The van der Waals surface area contributed by atoms with E-state index in [1.54, 1.807) is 4.57 Å². The van der Waals surface area contributed by atoms with Crippen LogP contribution >= 0.6 is 11.8 Å². The van der Waals surface area contributed by atoms with Crippen LogP contribution in [0.2, 0.25) is 0 Å². The zero-order chi connectivity index (χ0) is 19.4. The quantitative estimate of drug-likeness (QED) is 0.524. The summed E-state index contributed by atoms with van der Waals surface area (Å²) in [5, 5.41) is 3.31. The lowest BCUT2D eigenvalue weighted by Crippen LogP contribution is -2.19. The van der Waals surface area contributed by atoms with Gasteiger partial charge in [0.25, 0.3) is 5.56 Å². The topological polar surface area (TPSA) is 90.0 Å². The van der Waals surface area contributed by atoms with Crippen LogP contribution in [0.4, 0.5) is 11.5 Å². The molecule has 0 unspecified atom stereocenters. The monoisotopic (exact) mass is 380 g/mol. The highest BCUT2D eigenvalue weighted by Gasteiger charge is 2.13. The summed E-state index contributed by atoms with van der Waals surface area (Å²) in [6, 6.07) is 16.5. The Bertz CT molecular complexity index is 1010. The van der Waals surface area contributed by atoms with Crippen LogP contribution in [0.5, 0.6) is 0 Å². The molecule has 0 fully saturated rings. The maximum Gasteiger partial charge on any atom is 0.275 e. The molecule has 2 aromatic carbocycles. The number of rotatable bonds is 5. The number of hydrogen-bond donors (Lipinski definition) is 2. The maximum atomic E-state index is 12.4. The molecule has 1 amide bonds. The number of carbonyl (C=O) groups excluding carboxylic acids is 1. The van der Waals surface area contributed by atoms with Crippen LogP contribution in [-0.2, 0) is 4.79 Å². The summed E-state index contributed by atoms with van der Waals surface area (Å²) in [5.74, 6) is 0.212. The number of anilines is 2. The van der Waals surface area contributed by atoms with Gasteiger partial charge in [-0.3, -0.25) is 14.2 Å². The minimum atomic E-state index is -0.433. The zero-order valence-corrected chi connectivity index (χ0v) is 15.9. The standard InChI is InChI=1S/C20H20N4O2S/c1-13-7-6-8-14(2)19(13)22-18(26)12-27-20-23-17(25)11-16(21)24(20)15-9-4-3-5-10-15/h3-11H,12,21H2,1-2H3,(H,22,26). The van der Waals surface area contributed by atoms with Gasteiger partial charge in [0, 0.05) is 17.4 Å². The summed E-state index contributed by atoms with van der Waals surface area (Å²) in [5.41, 5.74) is 9.18. The van der Waals surface area contributed by atoms with Crippen LogP contribution in [0.15, 0.2) is 64.5 Å². The summed E-state index contributed by atoms with van der Waals surface area (Å²) >= 11 is 1.17. The number of amides is 1. The smallest absolute Gasteiger partial charge is 0.275 e. The highest BCUT2D eigenvalue weighted by Crippen LogP contribution is 2.24. The molecule has 27 heavy (non-hydrogen) atoms. The van der Waals surface area contributed by atoms with Gasteiger partial charge in [0.05, 0.1) is 5.75 Å². The van der Waals surface area contributed by atoms with E-state index in [9.17, 15) is 9.59 Å². The van der Waals surface area contributed by atoms with Crippen molar-refractivity contribution in [2.24, 2.45) is 0 Å². The Labute approximate surface area is 161 Å².